The summed E-state index contributed by atoms with van der Waals surface area (Å²) >= 11 is 0. The number of carbonyl (C=O) groups excluding carboxylic acids is 1. The van der Waals surface area contributed by atoms with Crippen LogP contribution in [0.25, 0.3) is 0 Å². The first-order chi connectivity index (χ1) is 6.81. The predicted octanol–water partition coefficient (Wildman–Crippen LogP) is 0.548. The number of fused-ring (bicyclic) bond motifs is 1. The summed E-state index contributed by atoms with van der Waals surface area (Å²) in [5, 5.41) is 0. The molecule has 2 heterocycles. The maximum atomic E-state index is 11.5. The van der Waals surface area contributed by atoms with Crippen molar-refractivity contribution in [3.8, 4) is 5.75 Å². The van der Waals surface area contributed by atoms with E-state index in [2.05, 4.69) is 4.98 Å². The number of rotatable bonds is 3. The molecule has 14 heavy (non-hydrogen) atoms. The third-order valence-electron chi connectivity index (χ3n) is 2.23. The second-order valence-corrected chi connectivity index (χ2v) is 3.24. The van der Waals surface area contributed by atoms with Gasteiger partial charge in [0.25, 0.3) is 0 Å². The Balaban J connectivity index is 2.24. The summed E-state index contributed by atoms with van der Waals surface area (Å²) < 4.78 is 5.29. The molecule has 4 heteroatoms. The molecule has 0 atom stereocenters. The summed E-state index contributed by atoms with van der Waals surface area (Å²) in [6, 6.07) is 1.81. The van der Waals surface area contributed by atoms with E-state index in [9.17, 15) is 4.79 Å². The van der Waals surface area contributed by atoms with Gasteiger partial charge in [0, 0.05) is 18.4 Å². The number of Topliss-reactive ketones (excluding diaryl/α,β-unsaturated/α-hetero) is 1. The van der Waals surface area contributed by atoms with E-state index in [-0.39, 0.29) is 5.78 Å². The largest absolute Gasteiger partial charge is 0.491 e. The molecule has 2 N–H and O–H groups in total. The quantitative estimate of drug-likeness (QED) is 0.710. The first-order valence-electron chi connectivity index (χ1n) is 4.66. The van der Waals surface area contributed by atoms with Crippen LogP contribution in [0.4, 0.5) is 0 Å². The molecule has 0 saturated carbocycles. The van der Waals surface area contributed by atoms with Gasteiger partial charge < -0.3 is 10.5 Å². The van der Waals surface area contributed by atoms with Crippen molar-refractivity contribution in [1.29, 1.82) is 0 Å². The van der Waals surface area contributed by atoms with Crippen molar-refractivity contribution in [2.75, 3.05) is 13.2 Å². The summed E-state index contributed by atoms with van der Waals surface area (Å²) in [6.45, 7) is 1.06. The monoisotopic (exact) mass is 192 g/mol. The Morgan fingerprint density at radius 3 is 3.29 bits per heavy atom. The number of hydrogen-bond acceptors (Lipinski definition) is 4. The molecular formula is C10H12N2O2. The number of hydrogen-bond donors (Lipinski definition) is 1. The fourth-order valence-corrected chi connectivity index (χ4v) is 1.49. The number of ketones is 1. The van der Waals surface area contributed by atoms with Crippen LogP contribution in [0.1, 0.15) is 22.5 Å². The molecule has 74 valence electrons. The smallest absolute Gasteiger partial charge is 0.182 e. The van der Waals surface area contributed by atoms with Crippen LogP contribution in [0, 0.1) is 0 Å². The molecule has 0 saturated heterocycles. The van der Waals surface area contributed by atoms with Crippen molar-refractivity contribution >= 4 is 5.78 Å². The number of ether oxygens (including phenoxy) is 1. The molecule has 1 aromatic rings. The minimum absolute atomic E-state index is 0.00204. The Hall–Kier alpha value is -1.42. The zero-order valence-electron chi connectivity index (χ0n) is 7.82. The van der Waals surface area contributed by atoms with E-state index in [1.165, 1.54) is 0 Å². The Bertz CT molecular complexity index is 363. The second-order valence-electron chi connectivity index (χ2n) is 3.24. The van der Waals surface area contributed by atoms with Crippen molar-refractivity contribution in [3.63, 3.8) is 0 Å². The van der Waals surface area contributed by atoms with Crippen molar-refractivity contribution in [1.82, 2.24) is 4.98 Å². The highest BCUT2D eigenvalue weighted by atomic mass is 16.5. The molecule has 0 fully saturated rings. The number of carbonyl (C=O) groups is 1. The third kappa shape index (κ3) is 1.61. The van der Waals surface area contributed by atoms with Crippen LogP contribution < -0.4 is 10.5 Å². The van der Waals surface area contributed by atoms with Gasteiger partial charge in [0.05, 0.1) is 12.8 Å². The topological polar surface area (TPSA) is 65.2 Å². The van der Waals surface area contributed by atoms with E-state index in [0.717, 1.165) is 17.7 Å². The highest BCUT2D eigenvalue weighted by Gasteiger charge is 2.15. The predicted molar refractivity (Wildman–Crippen MR) is 51.4 cm³/mol. The highest BCUT2D eigenvalue weighted by molar-refractivity contribution is 5.94. The maximum absolute atomic E-state index is 11.5. The van der Waals surface area contributed by atoms with Gasteiger partial charge in [-0.25, -0.2) is 4.98 Å². The summed E-state index contributed by atoms with van der Waals surface area (Å²) in [5.74, 6) is 0.802. The average molecular weight is 192 g/mol. The van der Waals surface area contributed by atoms with Crippen LogP contribution in [0.3, 0.4) is 0 Å². The highest BCUT2D eigenvalue weighted by Crippen LogP contribution is 2.24. The first-order valence-corrected chi connectivity index (χ1v) is 4.66. The maximum Gasteiger partial charge on any atom is 0.182 e. The lowest BCUT2D eigenvalue weighted by atomic mass is 10.1. The van der Waals surface area contributed by atoms with Gasteiger partial charge in [-0.1, -0.05) is 0 Å². The SMILES string of the molecule is NCCC(=O)c1cc2c(cn1)OCC2. The molecule has 2 rings (SSSR count). The minimum atomic E-state index is 0.00204. The van der Waals surface area contributed by atoms with E-state index in [4.69, 9.17) is 10.5 Å². The van der Waals surface area contributed by atoms with E-state index in [0.29, 0.717) is 25.3 Å². The first kappa shape index (κ1) is 9.15. The molecule has 0 radical (unpaired) electrons. The van der Waals surface area contributed by atoms with Crippen molar-refractivity contribution in [2.24, 2.45) is 5.73 Å². The van der Waals surface area contributed by atoms with Crippen LogP contribution in [-0.4, -0.2) is 23.9 Å². The molecule has 0 amide bonds. The molecule has 0 aromatic carbocycles. The van der Waals surface area contributed by atoms with Crippen LogP contribution in [0.5, 0.6) is 5.75 Å². The fourth-order valence-electron chi connectivity index (χ4n) is 1.49. The average Bonchev–Trinajstić information content (AvgIpc) is 2.64. The number of pyridine rings is 1. The number of aromatic nitrogens is 1. The number of nitrogens with two attached hydrogens (primary N) is 1. The van der Waals surface area contributed by atoms with Crippen LogP contribution in [-0.2, 0) is 6.42 Å². The molecular weight excluding hydrogens is 180 g/mol. The van der Waals surface area contributed by atoms with Crippen molar-refractivity contribution < 1.29 is 9.53 Å². The molecule has 1 aliphatic heterocycles. The standard InChI is InChI=1S/C10H12N2O2/c11-3-1-9(13)8-5-7-2-4-14-10(7)6-12-8/h5-6H,1-4,11H2. The normalized spacial score (nSPS) is 13.5. The molecule has 0 spiro atoms. The Morgan fingerprint density at radius 1 is 1.64 bits per heavy atom. The summed E-state index contributed by atoms with van der Waals surface area (Å²) in [4.78, 5) is 15.5. The lowest BCUT2D eigenvalue weighted by Gasteiger charge is -2.01. The van der Waals surface area contributed by atoms with Crippen LogP contribution in [0.2, 0.25) is 0 Å². The third-order valence-corrected chi connectivity index (χ3v) is 2.23. The van der Waals surface area contributed by atoms with Crippen LogP contribution >= 0.6 is 0 Å². The molecule has 0 unspecified atom stereocenters. The van der Waals surface area contributed by atoms with Crippen molar-refractivity contribution in [3.05, 3.63) is 23.5 Å². The van der Waals surface area contributed by atoms with E-state index >= 15 is 0 Å². The number of nitrogens with zero attached hydrogens (tertiary/aromatic N) is 1. The molecule has 1 aromatic heterocycles. The lowest BCUT2D eigenvalue weighted by Crippen LogP contribution is -2.09. The molecule has 4 nitrogen and oxygen atoms in total. The fraction of sp³-hybridized carbons (Fsp3) is 0.400. The van der Waals surface area contributed by atoms with E-state index < -0.39 is 0 Å². The van der Waals surface area contributed by atoms with Gasteiger partial charge in [-0.3, -0.25) is 4.79 Å². The summed E-state index contributed by atoms with van der Waals surface area (Å²) in [7, 11) is 0. The molecule has 0 bridgehead atoms. The van der Waals surface area contributed by atoms with Gasteiger partial charge in [0.1, 0.15) is 11.4 Å². The van der Waals surface area contributed by atoms with Gasteiger partial charge in [-0.2, -0.15) is 0 Å². The Morgan fingerprint density at radius 2 is 2.50 bits per heavy atom. The van der Waals surface area contributed by atoms with E-state index in [1.54, 1.807) is 12.3 Å². The van der Waals surface area contributed by atoms with Crippen LogP contribution in [0.15, 0.2) is 12.3 Å². The van der Waals surface area contributed by atoms with Gasteiger partial charge in [0.15, 0.2) is 5.78 Å². The minimum Gasteiger partial charge on any atom is -0.491 e. The summed E-state index contributed by atoms with van der Waals surface area (Å²) in [6.07, 6.45) is 2.83. The zero-order chi connectivity index (χ0) is 9.97. The molecule has 1 aliphatic rings. The van der Waals surface area contributed by atoms with Gasteiger partial charge in [-0.05, 0) is 12.6 Å². The van der Waals surface area contributed by atoms with Gasteiger partial charge in [-0.15, -0.1) is 0 Å². The van der Waals surface area contributed by atoms with E-state index in [1.807, 2.05) is 0 Å². The van der Waals surface area contributed by atoms with Gasteiger partial charge >= 0.3 is 0 Å². The second kappa shape index (κ2) is 3.75. The molecule has 0 aliphatic carbocycles. The van der Waals surface area contributed by atoms with Crippen molar-refractivity contribution in [2.45, 2.75) is 12.8 Å². The Kier molecular flexibility index (Phi) is 2.45. The summed E-state index contributed by atoms with van der Waals surface area (Å²) in [5.41, 5.74) is 6.88. The zero-order valence-corrected chi connectivity index (χ0v) is 7.82. The Labute approximate surface area is 82.1 Å². The lowest BCUT2D eigenvalue weighted by molar-refractivity contribution is 0.0980. The van der Waals surface area contributed by atoms with Gasteiger partial charge in [0.2, 0.25) is 0 Å².